The summed E-state index contributed by atoms with van der Waals surface area (Å²) < 4.78 is 0. The van der Waals surface area contributed by atoms with Crippen LogP contribution in [0.15, 0.2) is 24.3 Å². The lowest BCUT2D eigenvalue weighted by Crippen LogP contribution is -2.38. The van der Waals surface area contributed by atoms with Gasteiger partial charge in [-0.15, -0.1) is 0 Å². The van der Waals surface area contributed by atoms with Crippen LogP contribution in [0.2, 0.25) is 0 Å². The largest absolute Gasteiger partial charge is 0.480 e. The Morgan fingerprint density at radius 1 is 1.28 bits per heavy atom. The predicted octanol–water partition coefficient (Wildman–Crippen LogP) is 3.15. The molecular formula is C15H23NO2. The fourth-order valence-corrected chi connectivity index (χ4v) is 2.01. The lowest BCUT2D eigenvalue weighted by atomic mass is 10.0. The molecule has 0 spiro atoms. The molecule has 0 aliphatic carbocycles. The molecule has 3 nitrogen and oxygen atoms in total. The van der Waals surface area contributed by atoms with Crippen molar-refractivity contribution < 1.29 is 9.90 Å². The summed E-state index contributed by atoms with van der Waals surface area (Å²) in [5.74, 6) is -0.770. The molecule has 1 aromatic carbocycles. The first-order valence-electron chi connectivity index (χ1n) is 6.66. The number of benzene rings is 1. The topological polar surface area (TPSA) is 49.3 Å². The van der Waals surface area contributed by atoms with Gasteiger partial charge in [-0.2, -0.15) is 0 Å². The standard InChI is InChI=1S/C15H23NO2/c1-4-6-14(15(17)18)16-11(3)13-9-7-12(5-2)8-10-13/h7-11,14,16H,4-6H2,1-3H3,(H,17,18). The van der Waals surface area contributed by atoms with Crippen molar-refractivity contribution in [3.63, 3.8) is 0 Å². The van der Waals surface area contributed by atoms with Gasteiger partial charge in [0.2, 0.25) is 0 Å². The van der Waals surface area contributed by atoms with Crippen molar-refractivity contribution in [1.29, 1.82) is 0 Å². The molecule has 0 fully saturated rings. The number of carboxylic acid groups (broad SMARTS) is 1. The molecule has 18 heavy (non-hydrogen) atoms. The summed E-state index contributed by atoms with van der Waals surface area (Å²) in [6.07, 6.45) is 2.55. The van der Waals surface area contributed by atoms with Crippen LogP contribution in [0.1, 0.15) is 50.8 Å². The highest BCUT2D eigenvalue weighted by molar-refractivity contribution is 5.73. The van der Waals surface area contributed by atoms with Gasteiger partial charge in [0.15, 0.2) is 0 Å². The number of nitrogens with one attached hydrogen (secondary N) is 1. The quantitative estimate of drug-likeness (QED) is 0.780. The first-order valence-corrected chi connectivity index (χ1v) is 6.66. The van der Waals surface area contributed by atoms with Gasteiger partial charge >= 0.3 is 5.97 Å². The molecule has 0 aromatic heterocycles. The average molecular weight is 249 g/mol. The van der Waals surface area contributed by atoms with Crippen molar-refractivity contribution in [3.8, 4) is 0 Å². The molecule has 2 atom stereocenters. The Bertz CT molecular complexity index is 373. The first-order chi connectivity index (χ1) is 8.58. The van der Waals surface area contributed by atoms with Crippen LogP contribution in [0.5, 0.6) is 0 Å². The minimum absolute atomic E-state index is 0.0588. The van der Waals surface area contributed by atoms with Crippen LogP contribution in [-0.2, 0) is 11.2 Å². The molecule has 1 rings (SSSR count). The molecule has 0 saturated heterocycles. The third kappa shape index (κ3) is 4.15. The van der Waals surface area contributed by atoms with E-state index in [0.717, 1.165) is 18.4 Å². The van der Waals surface area contributed by atoms with Gasteiger partial charge < -0.3 is 5.11 Å². The molecule has 3 heteroatoms. The van der Waals surface area contributed by atoms with Gasteiger partial charge in [0.25, 0.3) is 0 Å². The summed E-state index contributed by atoms with van der Waals surface area (Å²) in [4.78, 5) is 11.1. The summed E-state index contributed by atoms with van der Waals surface area (Å²) in [6.45, 7) is 6.13. The van der Waals surface area contributed by atoms with Crippen LogP contribution in [0.4, 0.5) is 0 Å². The Labute approximate surface area is 109 Å². The number of hydrogen-bond acceptors (Lipinski definition) is 2. The van der Waals surface area contributed by atoms with E-state index in [-0.39, 0.29) is 6.04 Å². The van der Waals surface area contributed by atoms with Gasteiger partial charge in [-0.3, -0.25) is 10.1 Å². The van der Waals surface area contributed by atoms with Crippen molar-refractivity contribution in [2.24, 2.45) is 0 Å². The summed E-state index contributed by atoms with van der Waals surface area (Å²) in [6, 6.07) is 7.94. The highest BCUT2D eigenvalue weighted by atomic mass is 16.4. The first kappa shape index (κ1) is 14.7. The predicted molar refractivity (Wildman–Crippen MR) is 73.7 cm³/mol. The second-order valence-electron chi connectivity index (χ2n) is 4.66. The van der Waals surface area contributed by atoms with E-state index < -0.39 is 12.0 Å². The minimum atomic E-state index is -0.770. The number of carbonyl (C=O) groups is 1. The van der Waals surface area contributed by atoms with Crippen molar-refractivity contribution in [1.82, 2.24) is 5.32 Å². The van der Waals surface area contributed by atoms with Gasteiger partial charge in [-0.25, -0.2) is 0 Å². The molecule has 0 bridgehead atoms. The van der Waals surface area contributed by atoms with Crippen LogP contribution in [0.3, 0.4) is 0 Å². The number of aliphatic carboxylic acids is 1. The molecule has 100 valence electrons. The van der Waals surface area contributed by atoms with Gasteiger partial charge in [-0.1, -0.05) is 44.5 Å². The Morgan fingerprint density at radius 2 is 1.89 bits per heavy atom. The smallest absolute Gasteiger partial charge is 0.320 e. The number of aryl methyl sites for hydroxylation is 1. The van der Waals surface area contributed by atoms with Gasteiger partial charge in [0, 0.05) is 6.04 Å². The van der Waals surface area contributed by atoms with Crippen LogP contribution < -0.4 is 5.32 Å². The van der Waals surface area contributed by atoms with E-state index in [4.69, 9.17) is 5.11 Å². The molecule has 0 heterocycles. The Hall–Kier alpha value is -1.35. The Kier molecular flexibility index (Phi) is 5.86. The van der Waals surface area contributed by atoms with Gasteiger partial charge in [-0.05, 0) is 30.9 Å². The highest BCUT2D eigenvalue weighted by Gasteiger charge is 2.18. The third-order valence-corrected chi connectivity index (χ3v) is 3.21. The number of rotatable bonds is 7. The molecule has 0 radical (unpaired) electrons. The van der Waals surface area contributed by atoms with Crippen molar-refractivity contribution in [2.75, 3.05) is 0 Å². The third-order valence-electron chi connectivity index (χ3n) is 3.21. The maximum Gasteiger partial charge on any atom is 0.320 e. The molecule has 1 aromatic rings. The minimum Gasteiger partial charge on any atom is -0.480 e. The maximum atomic E-state index is 11.1. The molecule has 0 aliphatic heterocycles. The lowest BCUT2D eigenvalue weighted by Gasteiger charge is -2.20. The number of carboxylic acids is 1. The molecule has 0 saturated carbocycles. The Balaban J connectivity index is 2.67. The van der Waals surface area contributed by atoms with E-state index in [0.29, 0.717) is 6.42 Å². The van der Waals surface area contributed by atoms with E-state index in [9.17, 15) is 4.79 Å². The van der Waals surface area contributed by atoms with Crippen molar-refractivity contribution in [2.45, 2.75) is 52.1 Å². The van der Waals surface area contributed by atoms with Crippen LogP contribution >= 0.6 is 0 Å². The SMILES string of the molecule is CCCC(NC(C)c1ccc(CC)cc1)C(=O)O. The van der Waals surface area contributed by atoms with E-state index in [2.05, 4.69) is 36.5 Å². The summed E-state index contributed by atoms with van der Waals surface area (Å²) >= 11 is 0. The monoisotopic (exact) mass is 249 g/mol. The van der Waals surface area contributed by atoms with Gasteiger partial charge in [0.1, 0.15) is 6.04 Å². The van der Waals surface area contributed by atoms with Crippen molar-refractivity contribution >= 4 is 5.97 Å². The summed E-state index contributed by atoms with van der Waals surface area (Å²) in [5.41, 5.74) is 2.43. The van der Waals surface area contributed by atoms with E-state index in [1.54, 1.807) is 0 Å². The maximum absolute atomic E-state index is 11.1. The zero-order valence-corrected chi connectivity index (χ0v) is 11.4. The van der Waals surface area contributed by atoms with Crippen LogP contribution in [-0.4, -0.2) is 17.1 Å². The number of hydrogen-bond donors (Lipinski definition) is 2. The van der Waals surface area contributed by atoms with Gasteiger partial charge in [0.05, 0.1) is 0 Å². The van der Waals surface area contributed by atoms with Crippen LogP contribution in [0.25, 0.3) is 0 Å². The normalized spacial score (nSPS) is 14.2. The summed E-state index contributed by atoms with van der Waals surface area (Å²) in [5, 5.41) is 12.3. The van der Waals surface area contributed by atoms with E-state index in [1.807, 2.05) is 13.8 Å². The zero-order chi connectivity index (χ0) is 13.5. The molecule has 2 N–H and O–H groups in total. The second kappa shape index (κ2) is 7.17. The second-order valence-corrected chi connectivity index (χ2v) is 4.66. The fourth-order valence-electron chi connectivity index (χ4n) is 2.01. The lowest BCUT2D eigenvalue weighted by molar-refractivity contribution is -0.139. The fraction of sp³-hybridized carbons (Fsp3) is 0.533. The van der Waals surface area contributed by atoms with E-state index >= 15 is 0 Å². The van der Waals surface area contributed by atoms with Crippen LogP contribution in [0, 0.1) is 0 Å². The van der Waals surface area contributed by atoms with E-state index in [1.165, 1.54) is 5.56 Å². The summed E-state index contributed by atoms with van der Waals surface area (Å²) in [7, 11) is 0. The molecule has 0 amide bonds. The molecule has 2 unspecified atom stereocenters. The highest BCUT2D eigenvalue weighted by Crippen LogP contribution is 2.15. The molecule has 0 aliphatic rings. The van der Waals surface area contributed by atoms with Crippen molar-refractivity contribution in [3.05, 3.63) is 35.4 Å². The zero-order valence-electron chi connectivity index (χ0n) is 11.4. The molecular weight excluding hydrogens is 226 g/mol. The Morgan fingerprint density at radius 3 is 2.33 bits per heavy atom. The average Bonchev–Trinajstić information content (AvgIpc) is 2.38.